The van der Waals surface area contributed by atoms with E-state index in [1.54, 1.807) is 7.11 Å². The van der Waals surface area contributed by atoms with Crippen molar-refractivity contribution in [1.82, 2.24) is 0 Å². The molecule has 1 fully saturated rings. The topological polar surface area (TPSA) is 47.6 Å². The summed E-state index contributed by atoms with van der Waals surface area (Å²) >= 11 is 0. The number of nitrogens with two attached hydrogens (primary N) is 1. The molecule has 1 saturated carbocycles. The Kier molecular flexibility index (Phi) is 2.53. The summed E-state index contributed by atoms with van der Waals surface area (Å²) in [4.78, 5) is 4.77. The molecular weight excluding hydrogens is 212 g/mol. The van der Waals surface area contributed by atoms with E-state index >= 15 is 0 Å². The predicted molar refractivity (Wildman–Crippen MR) is 68.4 cm³/mol. The van der Waals surface area contributed by atoms with Crippen molar-refractivity contribution in [3.05, 3.63) is 29.8 Å². The van der Waals surface area contributed by atoms with Gasteiger partial charge in [0.1, 0.15) is 0 Å². The Morgan fingerprint density at radius 2 is 2.18 bits per heavy atom. The van der Waals surface area contributed by atoms with Crippen molar-refractivity contribution in [2.24, 2.45) is 16.6 Å². The van der Waals surface area contributed by atoms with Gasteiger partial charge in [-0.15, -0.1) is 0 Å². The number of hydrogen-bond donors (Lipinski definition) is 1. The SMILES string of the molecule is COC1(N)c2ccccc2N=C2CCCCC21. The van der Waals surface area contributed by atoms with Crippen molar-refractivity contribution in [2.75, 3.05) is 7.11 Å². The maximum absolute atomic E-state index is 6.52. The minimum atomic E-state index is -0.686. The van der Waals surface area contributed by atoms with Gasteiger partial charge in [0.15, 0.2) is 5.72 Å². The smallest absolute Gasteiger partial charge is 0.152 e. The number of nitrogens with zero attached hydrogens (tertiary/aromatic N) is 1. The van der Waals surface area contributed by atoms with Gasteiger partial charge >= 0.3 is 0 Å². The first-order valence-corrected chi connectivity index (χ1v) is 6.26. The van der Waals surface area contributed by atoms with Gasteiger partial charge in [0.05, 0.1) is 5.69 Å². The summed E-state index contributed by atoms with van der Waals surface area (Å²) in [6.07, 6.45) is 4.57. The highest BCUT2D eigenvalue weighted by atomic mass is 16.5. The minimum Gasteiger partial charge on any atom is -0.359 e. The van der Waals surface area contributed by atoms with E-state index in [0.29, 0.717) is 0 Å². The molecule has 17 heavy (non-hydrogen) atoms. The monoisotopic (exact) mass is 230 g/mol. The van der Waals surface area contributed by atoms with Crippen molar-refractivity contribution in [2.45, 2.75) is 31.4 Å². The molecule has 1 aliphatic heterocycles. The third-order valence-corrected chi connectivity index (χ3v) is 4.02. The fourth-order valence-corrected chi connectivity index (χ4v) is 3.09. The van der Waals surface area contributed by atoms with Crippen molar-refractivity contribution in [3.63, 3.8) is 0 Å². The van der Waals surface area contributed by atoms with E-state index in [-0.39, 0.29) is 5.92 Å². The molecule has 0 saturated heterocycles. The molecule has 0 radical (unpaired) electrons. The van der Waals surface area contributed by atoms with Crippen LogP contribution in [0.3, 0.4) is 0 Å². The first-order chi connectivity index (χ1) is 8.25. The lowest BCUT2D eigenvalue weighted by Gasteiger charge is -2.42. The Bertz CT molecular complexity index is 469. The average molecular weight is 230 g/mol. The van der Waals surface area contributed by atoms with Crippen LogP contribution in [0.4, 0.5) is 5.69 Å². The largest absolute Gasteiger partial charge is 0.359 e. The zero-order valence-electron chi connectivity index (χ0n) is 10.1. The lowest BCUT2D eigenvalue weighted by Crippen LogP contribution is -2.51. The molecule has 90 valence electrons. The summed E-state index contributed by atoms with van der Waals surface area (Å²) in [6.45, 7) is 0. The van der Waals surface area contributed by atoms with Gasteiger partial charge in [-0.3, -0.25) is 10.7 Å². The number of rotatable bonds is 1. The Hall–Kier alpha value is -1.19. The van der Waals surface area contributed by atoms with Crippen LogP contribution in [0.5, 0.6) is 0 Å². The molecule has 1 heterocycles. The van der Waals surface area contributed by atoms with Gasteiger partial charge in [0.25, 0.3) is 0 Å². The highest BCUT2D eigenvalue weighted by Crippen LogP contribution is 2.44. The van der Waals surface area contributed by atoms with Gasteiger partial charge in [0, 0.05) is 24.3 Å². The van der Waals surface area contributed by atoms with Gasteiger partial charge in [-0.05, 0) is 25.3 Å². The van der Waals surface area contributed by atoms with Crippen LogP contribution in [0.25, 0.3) is 0 Å². The summed E-state index contributed by atoms with van der Waals surface area (Å²) in [7, 11) is 1.70. The molecular formula is C14H18N2O. The maximum Gasteiger partial charge on any atom is 0.152 e. The van der Waals surface area contributed by atoms with Crippen LogP contribution in [-0.2, 0) is 10.5 Å². The fourth-order valence-electron chi connectivity index (χ4n) is 3.09. The molecule has 0 spiro atoms. The Morgan fingerprint density at radius 1 is 1.35 bits per heavy atom. The molecule has 3 heteroatoms. The number of methoxy groups -OCH3 is 1. The molecule has 1 aliphatic carbocycles. The average Bonchev–Trinajstić information content (AvgIpc) is 2.39. The first kappa shape index (κ1) is 10.9. The van der Waals surface area contributed by atoms with E-state index in [1.807, 2.05) is 24.3 Å². The van der Waals surface area contributed by atoms with Crippen LogP contribution in [-0.4, -0.2) is 12.8 Å². The Labute approximate surface area is 102 Å². The second-order valence-electron chi connectivity index (χ2n) is 4.92. The number of benzene rings is 1. The molecule has 2 aliphatic rings. The molecule has 2 atom stereocenters. The Morgan fingerprint density at radius 3 is 3.00 bits per heavy atom. The van der Waals surface area contributed by atoms with Crippen molar-refractivity contribution >= 4 is 11.4 Å². The van der Waals surface area contributed by atoms with Crippen LogP contribution in [0.2, 0.25) is 0 Å². The van der Waals surface area contributed by atoms with Gasteiger partial charge in [-0.25, -0.2) is 0 Å². The van der Waals surface area contributed by atoms with Crippen LogP contribution >= 0.6 is 0 Å². The standard InChI is InChI=1S/C14H18N2O/c1-17-14(15)10-6-2-4-8-12(10)16-13-9-5-3-7-11(13)14/h2,4,6,8,11H,3,5,7,9,15H2,1H3. The van der Waals surface area contributed by atoms with E-state index in [4.69, 9.17) is 15.5 Å². The summed E-state index contributed by atoms with van der Waals surface area (Å²) in [5.74, 6) is 0.246. The molecule has 0 bridgehead atoms. The van der Waals surface area contributed by atoms with E-state index in [2.05, 4.69) is 0 Å². The van der Waals surface area contributed by atoms with Crippen molar-refractivity contribution < 1.29 is 4.74 Å². The molecule has 3 nitrogen and oxygen atoms in total. The molecule has 2 unspecified atom stereocenters. The molecule has 3 rings (SSSR count). The quantitative estimate of drug-likeness (QED) is 0.754. The summed E-state index contributed by atoms with van der Waals surface area (Å²) in [6, 6.07) is 8.06. The Balaban J connectivity index is 2.17. The number of ether oxygens (including phenoxy) is 1. The highest BCUT2D eigenvalue weighted by molar-refractivity contribution is 5.93. The van der Waals surface area contributed by atoms with Gasteiger partial charge < -0.3 is 4.74 Å². The zero-order chi connectivity index (χ0) is 11.9. The van der Waals surface area contributed by atoms with Crippen LogP contribution < -0.4 is 5.73 Å². The van der Waals surface area contributed by atoms with E-state index in [0.717, 1.165) is 24.1 Å². The zero-order valence-corrected chi connectivity index (χ0v) is 10.1. The normalized spacial score (nSPS) is 31.4. The van der Waals surface area contributed by atoms with Crippen molar-refractivity contribution in [3.8, 4) is 0 Å². The van der Waals surface area contributed by atoms with E-state index in [1.165, 1.54) is 18.6 Å². The number of hydrogen-bond acceptors (Lipinski definition) is 3. The molecule has 1 aromatic carbocycles. The van der Waals surface area contributed by atoms with Gasteiger partial charge in [-0.1, -0.05) is 24.6 Å². The van der Waals surface area contributed by atoms with Crippen LogP contribution in [0.15, 0.2) is 29.3 Å². The number of fused-ring (bicyclic) bond motifs is 2. The van der Waals surface area contributed by atoms with Gasteiger partial charge in [0.2, 0.25) is 0 Å². The number of para-hydroxylation sites is 1. The molecule has 1 aromatic rings. The van der Waals surface area contributed by atoms with Crippen molar-refractivity contribution in [1.29, 1.82) is 0 Å². The van der Waals surface area contributed by atoms with Crippen LogP contribution in [0.1, 0.15) is 31.2 Å². The van der Waals surface area contributed by atoms with Gasteiger partial charge in [-0.2, -0.15) is 0 Å². The second kappa shape index (κ2) is 3.93. The summed E-state index contributed by atoms with van der Waals surface area (Å²) in [5.41, 5.74) is 9.06. The third-order valence-electron chi connectivity index (χ3n) is 4.02. The minimum absolute atomic E-state index is 0.246. The fraction of sp³-hybridized carbons (Fsp3) is 0.500. The summed E-state index contributed by atoms with van der Waals surface area (Å²) in [5, 5.41) is 0. The molecule has 0 aromatic heterocycles. The van der Waals surface area contributed by atoms with E-state index in [9.17, 15) is 0 Å². The molecule has 2 N–H and O–H groups in total. The lowest BCUT2D eigenvalue weighted by atomic mass is 9.75. The second-order valence-corrected chi connectivity index (χ2v) is 4.92. The van der Waals surface area contributed by atoms with Crippen LogP contribution in [0, 0.1) is 5.92 Å². The maximum atomic E-state index is 6.52. The van der Waals surface area contributed by atoms with E-state index < -0.39 is 5.72 Å². The first-order valence-electron chi connectivity index (χ1n) is 6.26. The third kappa shape index (κ3) is 1.53. The number of aliphatic imine (C=N–C) groups is 1. The molecule has 0 amide bonds. The summed E-state index contributed by atoms with van der Waals surface area (Å²) < 4.78 is 5.67. The highest BCUT2D eigenvalue weighted by Gasteiger charge is 2.44. The lowest BCUT2D eigenvalue weighted by molar-refractivity contribution is -0.0447. The predicted octanol–water partition coefficient (Wildman–Crippen LogP) is 2.72.